The average Bonchev–Trinajstić information content (AvgIpc) is 3.36. The van der Waals surface area contributed by atoms with Gasteiger partial charge in [0.05, 0.1) is 0 Å². The number of benzene rings is 2. The number of carbonyl (C=O) groups is 1. The largest absolute Gasteiger partial charge is 0.396 e. The first-order valence-corrected chi connectivity index (χ1v) is 13.2. The van der Waals surface area contributed by atoms with Gasteiger partial charge in [-0.25, -0.2) is 0 Å². The average molecular weight is 498 g/mol. The number of hydrogen-bond acceptors (Lipinski definition) is 5. The van der Waals surface area contributed by atoms with Gasteiger partial charge in [0.2, 0.25) is 5.91 Å². The molecular weight excluding hydrogens is 462 g/mol. The van der Waals surface area contributed by atoms with E-state index in [2.05, 4.69) is 32.7 Å². The fraction of sp³-hybridized carbons (Fsp3) is 0.333. The summed E-state index contributed by atoms with van der Waals surface area (Å²) in [4.78, 5) is 23.2. The fourth-order valence-electron chi connectivity index (χ4n) is 5.22. The first-order valence-electron chi connectivity index (χ1n) is 13.2. The van der Waals surface area contributed by atoms with Crippen molar-refractivity contribution >= 4 is 33.9 Å². The van der Waals surface area contributed by atoms with Crippen LogP contribution < -0.4 is 10.6 Å². The Hall–Kier alpha value is -3.84. The number of anilines is 3. The van der Waals surface area contributed by atoms with Gasteiger partial charge in [0.1, 0.15) is 6.04 Å². The third-order valence-corrected chi connectivity index (χ3v) is 7.29. The maximum atomic E-state index is 13.8. The molecule has 1 amide bonds. The minimum absolute atomic E-state index is 0.143. The third-order valence-electron chi connectivity index (χ3n) is 7.29. The molecular formula is C30H35N5O2. The third kappa shape index (κ3) is 6.30. The van der Waals surface area contributed by atoms with E-state index < -0.39 is 0 Å². The quantitative estimate of drug-likeness (QED) is 0.237. The van der Waals surface area contributed by atoms with E-state index in [-0.39, 0.29) is 18.6 Å². The number of aliphatic hydroxyl groups is 1. The predicted molar refractivity (Wildman–Crippen MR) is 149 cm³/mol. The van der Waals surface area contributed by atoms with Crippen molar-refractivity contribution in [2.24, 2.45) is 5.92 Å². The molecule has 1 atom stereocenters. The second-order valence-corrected chi connectivity index (χ2v) is 9.83. The minimum atomic E-state index is -0.368. The van der Waals surface area contributed by atoms with Gasteiger partial charge in [-0.05, 0) is 79.6 Å². The summed E-state index contributed by atoms with van der Waals surface area (Å²) in [7, 11) is 0. The van der Waals surface area contributed by atoms with E-state index in [1.165, 1.54) is 0 Å². The summed E-state index contributed by atoms with van der Waals surface area (Å²) in [5.74, 6) is 0.738. The van der Waals surface area contributed by atoms with Crippen LogP contribution in [-0.4, -0.2) is 51.6 Å². The SMILES string of the molecule is O=C(C(Cc1c[nH]c2ccccc12)Nc1ccc(Nc2ccncc2)cc1)N1CCC(CCCO)CC1. The van der Waals surface area contributed by atoms with Gasteiger partial charge in [0.25, 0.3) is 0 Å². The lowest BCUT2D eigenvalue weighted by Gasteiger charge is -2.34. The lowest BCUT2D eigenvalue weighted by Crippen LogP contribution is -2.47. The van der Waals surface area contributed by atoms with E-state index >= 15 is 0 Å². The van der Waals surface area contributed by atoms with Gasteiger partial charge in [-0.15, -0.1) is 0 Å². The lowest BCUT2D eigenvalue weighted by molar-refractivity contribution is -0.133. The van der Waals surface area contributed by atoms with Crippen LogP contribution >= 0.6 is 0 Å². The number of likely N-dealkylation sites (tertiary alicyclic amines) is 1. The molecule has 37 heavy (non-hydrogen) atoms. The zero-order chi connectivity index (χ0) is 25.5. The number of rotatable bonds is 10. The van der Waals surface area contributed by atoms with E-state index in [0.717, 1.165) is 72.3 Å². The Kier molecular flexibility index (Phi) is 8.01. The van der Waals surface area contributed by atoms with Crippen molar-refractivity contribution in [2.75, 3.05) is 30.3 Å². The van der Waals surface area contributed by atoms with Crippen molar-refractivity contribution in [2.45, 2.75) is 38.1 Å². The molecule has 7 nitrogen and oxygen atoms in total. The highest BCUT2D eigenvalue weighted by atomic mass is 16.3. The zero-order valence-electron chi connectivity index (χ0n) is 21.1. The maximum Gasteiger partial charge on any atom is 0.245 e. The Morgan fingerprint density at radius 1 is 1.00 bits per heavy atom. The van der Waals surface area contributed by atoms with Gasteiger partial charge in [-0.3, -0.25) is 9.78 Å². The fourth-order valence-corrected chi connectivity index (χ4v) is 5.22. The molecule has 192 valence electrons. The van der Waals surface area contributed by atoms with Crippen molar-refractivity contribution in [3.05, 3.63) is 84.8 Å². The van der Waals surface area contributed by atoms with Crippen molar-refractivity contribution in [3.8, 4) is 0 Å². The number of nitrogens with one attached hydrogen (secondary N) is 3. The summed E-state index contributed by atoms with van der Waals surface area (Å²) in [6.45, 7) is 1.79. The maximum absolute atomic E-state index is 13.8. The van der Waals surface area contributed by atoms with Crippen LogP contribution in [0.4, 0.5) is 17.1 Å². The lowest BCUT2D eigenvalue weighted by atomic mass is 9.91. The van der Waals surface area contributed by atoms with Gasteiger partial charge in [0.15, 0.2) is 0 Å². The highest BCUT2D eigenvalue weighted by Gasteiger charge is 2.29. The number of aliphatic hydroxyl groups excluding tert-OH is 1. The summed E-state index contributed by atoms with van der Waals surface area (Å²) in [6, 6.07) is 19.8. The second-order valence-electron chi connectivity index (χ2n) is 9.83. The highest BCUT2D eigenvalue weighted by Crippen LogP contribution is 2.26. The van der Waals surface area contributed by atoms with Gasteiger partial charge in [0, 0.05) is 72.7 Å². The molecule has 5 rings (SSSR count). The summed E-state index contributed by atoms with van der Waals surface area (Å²) < 4.78 is 0. The van der Waals surface area contributed by atoms with Crippen molar-refractivity contribution < 1.29 is 9.90 Å². The van der Waals surface area contributed by atoms with Crippen molar-refractivity contribution in [1.82, 2.24) is 14.9 Å². The number of pyridine rings is 1. The Labute approximate surface area is 217 Å². The molecule has 1 unspecified atom stereocenters. The minimum Gasteiger partial charge on any atom is -0.396 e. The van der Waals surface area contributed by atoms with Gasteiger partial charge in [-0.2, -0.15) is 0 Å². The number of H-pyrrole nitrogens is 1. The number of amides is 1. The molecule has 0 spiro atoms. The normalized spacial score (nSPS) is 15.0. The standard InChI is InChI=1S/C30H35N5O2/c36-19-3-4-22-13-17-35(18-14-22)30(37)29(20-23-21-32-28-6-2-1-5-27(23)28)34-25-9-7-24(8-10-25)33-26-11-15-31-16-12-26/h1-2,5-12,15-16,21-22,29,32,34,36H,3-4,13-14,17-20H2,(H,31,33). The molecule has 1 aliphatic heterocycles. The molecule has 1 aliphatic rings. The monoisotopic (exact) mass is 497 g/mol. The smallest absolute Gasteiger partial charge is 0.245 e. The van der Waals surface area contributed by atoms with Crippen LogP contribution in [0.2, 0.25) is 0 Å². The molecule has 1 fully saturated rings. The first-order chi connectivity index (χ1) is 18.2. The van der Waals surface area contributed by atoms with E-state index in [9.17, 15) is 4.79 Å². The molecule has 0 aliphatic carbocycles. The van der Waals surface area contributed by atoms with Gasteiger partial charge >= 0.3 is 0 Å². The van der Waals surface area contributed by atoms with Crippen LogP contribution in [-0.2, 0) is 11.2 Å². The number of hydrogen-bond donors (Lipinski definition) is 4. The highest BCUT2D eigenvalue weighted by molar-refractivity contribution is 5.88. The summed E-state index contributed by atoms with van der Waals surface area (Å²) in [6.07, 6.45) is 10.0. The molecule has 7 heteroatoms. The van der Waals surface area contributed by atoms with E-state index in [1.54, 1.807) is 12.4 Å². The summed E-state index contributed by atoms with van der Waals surface area (Å²) in [5.41, 5.74) is 5.08. The number of para-hydroxylation sites is 1. The van der Waals surface area contributed by atoms with Crippen LogP contribution in [0.15, 0.2) is 79.3 Å². The first kappa shape index (κ1) is 24.8. The number of aromatic nitrogens is 2. The molecule has 4 N–H and O–H groups in total. The number of nitrogens with zero attached hydrogens (tertiary/aromatic N) is 2. The number of aromatic amines is 1. The molecule has 4 aromatic rings. The Balaban J connectivity index is 1.31. The molecule has 2 aromatic heterocycles. The van der Waals surface area contributed by atoms with Crippen molar-refractivity contribution in [1.29, 1.82) is 0 Å². The number of piperidine rings is 1. The zero-order valence-corrected chi connectivity index (χ0v) is 21.1. The van der Waals surface area contributed by atoms with Crippen LogP contribution in [0.5, 0.6) is 0 Å². The molecule has 0 bridgehead atoms. The number of carbonyl (C=O) groups excluding carboxylic acids is 1. The van der Waals surface area contributed by atoms with E-state index in [4.69, 9.17) is 5.11 Å². The number of fused-ring (bicyclic) bond motifs is 1. The second kappa shape index (κ2) is 11.9. The molecule has 1 saturated heterocycles. The van der Waals surface area contributed by atoms with E-state index in [0.29, 0.717) is 12.3 Å². The van der Waals surface area contributed by atoms with Crippen LogP contribution in [0.3, 0.4) is 0 Å². The van der Waals surface area contributed by atoms with Gasteiger partial charge in [-0.1, -0.05) is 18.2 Å². The summed E-state index contributed by atoms with van der Waals surface area (Å²) >= 11 is 0. The molecule has 0 radical (unpaired) electrons. The Morgan fingerprint density at radius 3 is 2.46 bits per heavy atom. The van der Waals surface area contributed by atoms with Crippen LogP contribution in [0, 0.1) is 5.92 Å². The predicted octanol–water partition coefficient (Wildman–Crippen LogP) is 5.34. The van der Waals surface area contributed by atoms with Crippen LogP contribution in [0.25, 0.3) is 10.9 Å². The van der Waals surface area contributed by atoms with Gasteiger partial charge < -0.3 is 25.6 Å². The molecule has 3 heterocycles. The molecule has 0 saturated carbocycles. The van der Waals surface area contributed by atoms with E-state index in [1.807, 2.05) is 59.6 Å². The Bertz CT molecular complexity index is 1280. The molecule has 2 aromatic carbocycles. The van der Waals surface area contributed by atoms with Crippen LogP contribution in [0.1, 0.15) is 31.2 Å². The summed E-state index contributed by atoms with van der Waals surface area (Å²) in [5, 5.41) is 17.2. The topological polar surface area (TPSA) is 93.3 Å². The van der Waals surface area contributed by atoms with Crippen molar-refractivity contribution in [3.63, 3.8) is 0 Å². The Morgan fingerprint density at radius 2 is 1.70 bits per heavy atom.